The Morgan fingerprint density at radius 2 is 2.31 bits per heavy atom. The first-order chi connectivity index (χ1) is 7.88. The van der Waals surface area contributed by atoms with E-state index in [1.807, 2.05) is 18.7 Å². The van der Waals surface area contributed by atoms with E-state index < -0.39 is 0 Å². The largest absolute Gasteiger partial charge is 0.336 e. The normalized spacial score (nSPS) is 22.4. The van der Waals surface area contributed by atoms with Crippen LogP contribution >= 0.6 is 0 Å². The quantitative estimate of drug-likeness (QED) is 0.806. The molecule has 16 heavy (non-hydrogen) atoms. The lowest BCUT2D eigenvalue weighted by Gasteiger charge is -2.32. The third-order valence-corrected chi connectivity index (χ3v) is 3.41. The fraction of sp³-hybridized carbons (Fsp3) is 0.750. The molecule has 0 aromatic carbocycles. The Kier molecular flexibility index (Phi) is 4.36. The summed E-state index contributed by atoms with van der Waals surface area (Å²) in [6, 6.07) is 0. The Labute approximate surface area is 97.4 Å². The van der Waals surface area contributed by atoms with Gasteiger partial charge in [0.25, 0.3) is 0 Å². The molecule has 0 spiro atoms. The molecule has 0 saturated carbocycles. The van der Waals surface area contributed by atoms with Gasteiger partial charge in [-0.25, -0.2) is 4.98 Å². The number of aromatic nitrogens is 2. The Morgan fingerprint density at radius 1 is 1.38 bits per heavy atom. The van der Waals surface area contributed by atoms with Crippen molar-refractivity contribution >= 4 is 0 Å². The summed E-state index contributed by atoms with van der Waals surface area (Å²) in [7, 11) is 0. The Bertz CT molecular complexity index is 281. The third kappa shape index (κ3) is 3.32. The van der Waals surface area contributed by atoms with E-state index in [4.69, 9.17) is 5.73 Å². The SMILES string of the molecule is NCCC1CCCN(CCn2ccnc2)C1. The van der Waals surface area contributed by atoms with Crippen LogP contribution in [0.5, 0.6) is 0 Å². The zero-order chi connectivity index (χ0) is 11.2. The van der Waals surface area contributed by atoms with E-state index in [1.54, 1.807) is 0 Å². The van der Waals surface area contributed by atoms with Gasteiger partial charge in [-0.2, -0.15) is 0 Å². The van der Waals surface area contributed by atoms with Crippen molar-refractivity contribution in [3.05, 3.63) is 18.7 Å². The second-order valence-electron chi connectivity index (χ2n) is 4.69. The molecule has 4 nitrogen and oxygen atoms in total. The van der Waals surface area contributed by atoms with Crippen molar-refractivity contribution in [2.24, 2.45) is 11.7 Å². The van der Waals surface area contributed by atoms with Gasteiger partial charge in [-0.3, -0.25) is 0 Å². The van der Waals surface area contributed by atoms with Crippen molar-refractivity contribution in [3.8, 4) is 0 Å². The van der Waals surface area contributed by atoms with E-state index in [0.717, 1.165) is 25.6 Å². The highest BCUT2D eigenvalue weighted by Crippen LogP contribution is 2.18. The predicted octanol–water partition coefficient (Wildman–Crippen LogP) is 0.944. The van der Waals surface area contributed by atoms with Crippen LogP contribution in [0.25, 0.3) is 0 Å². The maximum absolute atomic E-state index is 5.63. The number of hydrogen-bond donors (Lipinski definition) is 1. The molecule has 1 aliphatic heterocycles. The molecular formula is C12H22N4. The molecule has 0 bridgehead atoms. The molecular weight excluding hydrogens is 200 g/mol. The van der Waals surface area contributed by atoms with Gasteiger partial charge in [-0.1, -0.05) is 0 Å². The van der Waals surface area contributed by atoms with Crippen LogP contribution in [-0.4, -0.2) is 40.6 Å². The lowest BCUT2D eigenvalue weighted by Crippen LogP contribution is -2.37. The molecule has 1 saturated heterocycles. The molecule has 2 N–H and O–H groups in total. The highest BCUT2D eigenvalue weighted by Gasteiger charge is 2.18. The van der Waals surface area contributed by atoms with Gasteiger partial charge in [0.15, 0.2) is 0 Å². The molecule has 1 aliphatic rings. The average Bonchev–Trinajstić information content (AvgIpc) is 2.80. The van der Waals surface area contributed by atoms with Crippen LogP contribution < -0.4 is 5.73 Å². The Morgan fingerprint density at radius 3 is 3.06 bits per heavy atom. The van der Waals surface area contributed by atoms with E-state index in [-0.39, 0.29) is 0 Å². The van der Waals surface area contributed by atoms with Crippen molar-refractivity contribution < 1.29 is 0 Å². The highest BCUT2D eigenvalue weighted by atomic mass is 15.2. The minimum atomic E-state index is 0.821. The maximum atomic E-state index is 5.63. The third-order valence-electron chi connectivity index (χ3n) is 3.41. The van der Waals surface area contributed by atoms with Crippen LogP contribution in [0.2, 0.25) is 0 Å². The molecule has 1 atom stereocenters. The topological polar surface area (TPSA) is 47.1 Å². The fourth-order valence-electron chi connectivity index (χ4n) is 2.50. The number of rotatable bonds is 5. The maximum Gasteiger partial charge on any atom is 0.0946 e. The molecule has 2 heterocycles. The first kappa shape index (κ1) is 11.6. The molecule has 1 aromatic rings. The lowest BCUT2D eigenvalue weighted by atomic mass is 9.95. The molecule has 4 heteroatoms. The number of nitrogens with two attached hydrogens (primary N) is 1. The summed E-state index contributed by atoms with van der Waals surface area (Å²) in [6.45, 7) is 5.49. The second kappa shape index (κ2) is 6.01. The van der Waals surface area contributed by atoms with Gasteiger partial charge in [0.1, 0.15) is 0 Å². The summed E-state index contributed by atoms with van der Waals surface area (Å²) in [5.74, 6) is 0.821. The molecule has 1 unspecified atom stereocenters. The first-order valence-corrected chi connectivity index (χ1v) is 6.26. The first-order valence-electron chi connectivity index (χ1n) is 6.26. The van der Waals surface area contributed by atoms with Gasteiger partial charge in [0, 0.05) is 32.0 Å². The van der Waals surface area contributed by atoms with Gasteiger partial charge >= 0.3 is 0 Å². The van der Waals surface area contributed by atoms with Gasteiger partial charge in [-0.15, -0.1) is 0 Å². The molecule has 1 aromatic heterocycles. The minimum absolute atomic E-state index is 0.821. The van der Waals surface area contributed by atoms with E-state index in [2.05, 4.69) is 14.5 Å². The van der Waals surface area contributed by atoms with Crippen LogP contribution in [0.1, 0.15) is 19.3 Å². The van der Waals surface area contributed by atoms with Crippen molar-refractivity contribution in [3.63, 3.8) is 0 Å². The van der Waals surface area contributed by atoms with Crippen molar-refractivity contribution in [1.82, 2.24) is 14.5 Å². The Hall–Kier alpha value is -0.870. The smallest absolute Gasteiger partial charge is 0.0946 e. The summed E-state index contributed by atoms with van der Waals surface area (Å²) >= 11 is 0. The molecule has 0 radical (unpaired) electrons. The number of hydrogen-bond acceptors (Lipinski definition) is 3. The van der Waals surface area contributed by atoms with E-state index in [0.29, 0.717) is 0 Å². The van der Waals surface area contributed by atoms with Crippen molar-refractivity contribution in [1.29, 1.82) is 0 Å². The molecule has 1 fully saturated rings. The molecule has 0 amide bonds. The van der Waals surface area contributed by atoms with Crippen LogP contribution in [0.4, 0.5) is 0 Å². The average molecular weight is 222 g/mol. The standard InChI is InChI=1S/C12H22N4/c13-4-3-12-2-1-6-15(10-12)8-9-16-7-5-14-11-16/h5,7,11-12H,1-4,6,8-10,13H2. The van der Waals surface area contributed by atoms with Crippen molar-refractivity contribution in [2.75, 3.05) is 26.2 Å². The predicted molar refractivity (Wildman–Crippen MR) is 65.1 cm³/mol. The second-order valence-corrected chi connectivity index (χ2v) is 4.69. The number of imidazole rings is 1. The number of likely N-dealkylation sites (tertiary alicyclic amines) is 1. The summed E-state index contributed by atoms with van der Waals surface area (Å²) < 4.78 is 2.15. The number of piperidine rings is 1. The summed E-state index contributed by atoms with van der Waals surface area (Å²) in [5, 5.41) is 0. The van der Waals surface area contributed by atoms with Crippen LogP contribution in [0.15, 0.2) is 18.7 Å². The summed E-state index contributed by atoms with van der Waals surface area (Å²) in [6.07, 6.45) is 9.63. The zero-order valence-electron chi connectivity index (χ0n) is 9.89. The monoisotopic (exact) mass is 222 g/mol. The molecule has 0 aliphatic carbocycles. The minimum Gasteiger partial charge on any atom is -0.336 e. The highest BCUT2D eigenvalue weighted by molar-refractivity contribution is 4.77. The zero-order valence-corrected chi connectivity index (χ0v) is 9.89. The van der Waals surface area contributed by atoms with Crippen LogP contribution in [-0.2, 0) is 6.54 Å². The van der Waals surface area contributed by atoms with Crippen molar-refractivity contribution in [2.45, 2.75) is 25.8 Å². The lowest BCUT2D eigenvalue weighted by molar-refractivity contribution is 0.165. The summed E-state index contributed by atoms with van der Waals surface area (Å²) in [4.78, 5) is 6.62. The van der Waals surface area contributed by atoms with E-state index in [9.17, 15) is 0 Å². The van der Waals surface area contributed by atoms with Crippen LogP contribution in [0, 0.1) is 5.92 Å². The molecule has 2 rings (SSSR count). The van der Waals surface area contributed by atoms with Gasteiger partial charge in [0.05, 0.1) is 6.33 Å². The Balaban J connectivity index is 1.72. The summed E-state index contributed by atoms with van der Waals surface area (Å²) in [5.41, 5.74) is 5.63. The fourth-order valence-corrected chi connectivity index (χ4v) is 2.50. The van der Waals surface area contributed by atoms with E-state index >= 15 is 0 Å². The van der Waals surface area contributed by atoms with Gasteiger partial charge < -0.3 is 15.2 Å². The van der Waals surface area contributed by atoms with Crippen LogP contribution in [0.3, 0.4) is 0 Å². The van der Waals surface area contributed by atoms with Gasteiger partial charge in [0.2, 0.25) is 0 Å². The van der Waals surface area contributed by atoms with E-state index in [1.165, 1.54) is 32.4 Å². The van der Waals surface area contributed by atoms with Gasteiger partial charge in [-0.05, 0) is 38.3 Å². The number of nitrogens with zero attached hydrogens (tertiary/aromatic N) is 3. The molecule has 90 valence electrons.